The fourth-order valence-corrected chi connectivity index (χ4v) is 1.90. The molecule has 0 saturated carbocycles. The van der Waals surface area contributed by atoms with E-state index in [4.69, 9.17) is 0 Å². The molecule has 15 heavy (non-hydrogen) atoms. The Bertz CT molecular complexity index is 272. The molecule has 1 rings (SSSR count). The largest absolute Gasteiger partial charge is 0.313 e. The lowest BCUT2D eigenvalue weighted by Gasteiger charge is -2.16. The van der Waals surface area contributed by atoms with Crippen molar-refractivity contribution in [3.05, 3.63) is 35.4 Å². The first-order valence-corrected chi connectivity index (χ1v) is 6.00. The van der Waals surface area contributed by atoms with E-state index in [1.165, 1.54) is 17.5 Å². The van der Waals surface area contributed by atoms with Crippen LogP contribution in [-0.4, -0.2) is 7.05 Å². The molecule has 1 N–H and O–H groups in total. The van der Waals surface area contributed by atoms with Gasteiger partial charge in [0.05, 0.1) is 0 Å². The fourth-order valence-electron chi connectivity index (χ4n) is 1.90. The summed E-state index contributed by atoms with van der Waals surface area (Å²) in [4.78, 5) is 0. The van der Waals surface area contributed by atoms with Crippen LogP contribution in [0.3, 0.4) is 0 Å². The van der Waals surface area contributed by atoms with Crippen LogP contribution in [0.15, 0.2) is 24.3 Å². The lowest BCUT2D eigenvalue weighted by molar-refractivity contribution is 0.576. The number of rotatable bonds is 5. The van der Waals surface area contributed by atoms with Crippen LogP contribution < -0.4 is 5.32 Å². The molecule has 2 atom stereocenters. The van der Waals surface area contributed by atoms with Gasteiger partial charge in [-0.2, -0.15) is 0 Å². The van der Waals surface area contributed by atoms with E-state index < -0.39 is 0 Å². The number of benzene rings is 1. The number of nitrogens with one attached hydrogen (secondary N) is 1. The number of hydrogen-bond donors (Lipinski definition) is 1. The van der Waals surface area contributed by atoms with E-state index in [1.807, 2.05) is 7.05 Å². The van der Waals surface area contributed by atoms with Crippen molar-refractivity contribution in [2.75, 3.05) is 7.05 Å². The zero-order valence-electron chi connectivity index (χ0n) is 10.4. The minimum Gasteiger partial charge on any atom is -0.313 e. The average molecular weight is 205 g/mol. The van der Waals surface area contributed by atoms with Gasteiger partial charge in [-0.25, -0.2) is 0 Å². The Morgan fingerprint density at radius 2 is 1.53 bits per heavy atom. The summed E-state index contributed by atoms with van der Waals surface area (Å²) in [6, 6.07) is 9.54. The molecule has 1 aromatic rings. The van der Waals surface area contributed by atoms with Crippen LogP contribution >= 0.6 is 0 Å². The molecule has 1 aromatic carbocycles. The van der Waals surface area contributed by atoms with Crippen LogP contribution in [0.4, 0.5) is 0 Å². The standard InChI is InChI=1S/C14H23N/c1-5-11(3)12-7-9-13(10-8-12)14(6-2)15-4/h7-11,14-15H,5-6H2,1-4H3. The lowest BCUT2D eigenvalue weighted by atomic mass is 9.95. The predicted molar refractivity (Wildman–Crippen MR) is 67.2 cm³/mol. The summed E-state index contributed by atoms with van der Waals surface area (Å²) >= 11 is 0. The van der Waals surface area contributed by atoms with Gasteiger partial charge in [-0.15, -0.1) is 0 Å². The second-order valence-electron chi connectivity index (χ2n) is 4.23. The zero-order chi connectivity index (χ0) is 11.3. The van der Waals surface area contributed by atoms with Crippen molar-refractivity contribution in [1.29, 1.82) is 0 Å². The van der Waals surface area contributed by atoms with E-state index in [-0.39, 0.29) is 0 Å². The second kappa shape index (κ2) is 5.92. The smallest absolute Gasteiger partial charge is 0.0314 e. The summed E-state index contributed by atoms with van der Waals surface area (Å²) in [5, 5.41) is 3.33. The van der Waals surface area contributed by atoms with Crippen LogP contribution in [-0.2, 0) is 0 Å². The fraction of sp³-hybridized carbons (Fsp3) is 0.571. The van der Waals surface area contributed by atoms with Gasteiger partial charge in [0.2, 0.25) is 0 Å². The second-order valence-corrected chi connectivity index (χ2v) is 4.23. The third kappa shape index (κ3) is 3.07. The molecule has 2 unspecified atom stereocenters. The van der Waals surface area contributed by atoms with Crippen LogP contribution in [0.2, 0.25) is 0 Å². The Hall–Kier alpha value is -0.820. The third-order valence-electron chi connectivity index (χ3n) is 3.28. The van der Waals surface area contributed by atoms with Gasteiger partial charge in [-0.05, 0) is 36.9 Å². The molecule has 1 nitrogen and oxygen atoms in total. The first kappa shape index (κ1) is 12.3. The summed E-state index contributed by atoms with van der Waals surface area (Å²) < 4.78 is 0. The molecule has 0 bridgehead atoms. The highest BCUT2D eigenvalue weighted by Crippen LogP contribution is 2.22. The van der Waals surface area contributed by atoms with Gasteiger partial charge < -0.3 is 5.32 Å². The van der Waals surface area contributed by atoms with Crippen molar-refractivity contribution < 1.29 is 0 Å². The molecule has 0 aliphatic carbocycles. The van der Waals surface area contributed by atoms with Gasteiger partial charge >= 0.3 is 0 Å². The Kier molecular flexibility index (Phi) is 4.83. The molecule has 1 heteroatoms. The first-order valence-electron chi connectivity index (χ1n) is 6.00. The van der Waals surface area contributed by atoms with Crippen LogP contribution in [0.25, 0.3) is 0 Å². The molecule has 0 aliphatic heterocycles. The van der Waals surface area contributed by atoms with Gasteiger partial charge in [-0.3, -0.25) is 0 Å². The Morgan fingerprint density at radius 3 is 1.93 bits per heavy atom. The molecule has 0 amide bonds. The van der Waals surface area contributed by atoms with Crippen LogP contribution in [0.5, 0.6) is 0 Å². The van der Waals surface area contributed by atoms with Crippen molar-refractivity contribution in [3.63, 3.8) is 0 Å². The summed E-state index contributed by atoms with van der Waals surface area (Å²) in [7, 11) is 2.02. The highest BCUT2D eigenvalue weighted by atomic mass is 14.9. The van der Waals surface area contributed by atoms with Crippen molar-refractivity contribution in [2.45, 2.75) is 45.6 Å². The Labute approximate surface area is 93.9 Å². The van der Waals surface area contributed by atoms with Crippen molar-refractivity contribution in [3.8, 4) is 0 Å². The highest BCUT2D eigenvalue weighted by Gasteiger charge is 2.07. The number of hydrogen-bond acceptors (Lipinski definition) is 1. The van der Waals surface area contributed by atoms with E-state index in [2.05, 4.69) is 50.4 Å². The lowest BCUT2D eigenvalue weighted by Crippen LogP contribution is -2.15. The average Bonchev–Trinajstić information content (AvgIpc) is 2.30. The summed E-state index contributed by atoms with van der Waals surface area (Å²) in [5.74, 6) is 0.675. The molecular formula is C14H23N. The Morgan fingerprint density at radius 1 is 1.00 bits per heavy atom. The van der Waals surface area contributed by atoms with E-state index >= 15 is 0 Å². The maximum Gasteiger partial charge on any atom is 0.0314 e. The normalized spacial score (nSPS) is 14.9. The van der Waals surface area contributed by atoms with Crippen molar-refractivity contribution in [2.24, 2.45) is 0 Å². The summed E-state index contributed by atoms with van der Waals surface area (Å²) in [6.07, 6.45) is 2.35. The maximum absolute atomic E-state index is 3.33. The van der Waals surface area contributed by atoms with E-state index in [0.717, 1.165) is 6.42 Å². The van der Waals surface area contributed by atoms with E-state index in [9.17, 15) is 0 Å². The SMILES string of the molecule is CCC(C)c1ccc(C(CC)NC)cc1. The van der Waals surface area contributed by atoms with Crippen LogP contribution in [0, 0.1) is 0 Å². The van der Waals surface area contributed by atoms with Crippen molar-refractivity contribution >= 4 is 0 Å². The van der Waals surface area contributed by atoms with E-state index in [0.29, 0.717) is 12.0 Å². The molecule has 0 aliphatic rings. The highest BCUT2D eigenvalue weighted by molar-refractivity contribution is 5.27. The first-order chi connectivity index (χ1) is 7.22. The molecule has 0 aromatic heterocycles. The van der Waals surface area contributed by atoms with Gasteiger partial charge in [0.25, 0.3) is 0 Å². The van der Waals surface area contributed by atoms with Gasteiger partial charge in [0.15, 0.2) is 0 Å². The molecular weight excluding hydrogens is 182 g/mol. The Balaban J connectivity index is 2.79. The van der Waals surface area contributed by atoms with E-state index in [1.54, 1.807) is 0 Å². The van der Waals surface area contributed by atoms with Crippen LogP contribution in [0.1, 0.15) is 56.7 Å². The molecule has 0 spiro atoms. The molecule has 0 radical (unpaired) electrons. The summed E-state index contributed by atoms with van der Waals surface area (Å²) in [6.45, 7) is 6.73. The van der Waals surface area contributed by atoms with Gasteiger partial charge in [-0.1, -0.05) is 45.0 Å². The minimum atomic E-state index is 0.496. The predicted octanol–water partition coefficient (Wildman–Crippen LogP) is 3.87. The molecule has 0 saturated heterocycles. The van der Waals surface area contributed by atoms with Gasteiger partial charge in [0.1, 0.15) is 0 Å². The minimum absolute atomic E-state index is 0.496. The molecule has 84 valence electrons. The quantitative estimate of drug-likeness (QED) is 0.769. The van der Waals surface area contributed by atoms with Gasteiger partial charge in [0, 0.05) is 6.04 Å². The zero-order valence-corrected chi connectivity index (χ0v) is 10.4. The molecule has 0 heterocycles. The maximum atomic E-state index is 3.33. The van der Waals surface area contributed by atoms with Crippen molar-refractivity contribution in [1.82, 2.24) is 5.32 Å². The topological polar surface area (TPSA) is 12.0 Å². The monoisotopic (exact) mass is 205 g/mol. The third-order valence-corrected chi connectivity index (χ3v) is 3.28. The summed E-state index contributed by atoms with van der Waals surface area (Å²) in [5.41, 5.74) is 2.85. The molecule has 0 fully saturated rings.